The lowest BCUT2D eigenvalue weighted by atomic mass is 10.7. The Balaban J connectivity index is 0.000000810. The van der Waals surface area contributed by atoms with E-state index in [1.54, 1.807) is 0 Å². The van der Waals surface area contributed by atoms with Gasteiger partial charge in [0.1, 0.15) is 6.33 Å². The van der Waals surface area contributed by atoms with Gasteiger partial charge in [0.25, 0.3) is 0 Å². The summed E-state index contributed by atoms with van der Waals surface area (Å²) < 4.78 is 0. The zero-order valence-corrected chi connectivity index (χ0v) is 4.88. The molecular weight excluding hydrogens is 132 g/mol. The molecule has 0 atom stereocenters. The second kappa shape index (κ2) is 3.60. The number of H-pyrrole nitrogens is 1. The molecule has 56 valence electrons. The van der Waals surface area contributed by atoms with E-state index in [9.17, 15) is 4.79 Å². The molecular formula is C5H10N4O. The van der Waals surface area contributed by atoms with Gasteiger partial charge in [-0.15, -0.1) is 0 Å². The molecule has 1 rings (SSSR count). The van der Waals surface area contributed by atoms with Crippen molar-refractivity contribution in [2.75, 3.05) is 5.32 Å². The molecule has 10 heavy (non-hydrogen) atoms. The highest BCUT2D eigenvalue weighted by Gasteiger charge is 1.93. The summed E-state index contributed by atoms with van der Waals surface area (Å²) in [4.78, 5) is 14.0. The molecule has 0 aliphatic heterocycles. The SMILES string of the molecule is C.CC(=O)Nc1ncn[nH]1. The first kappa shape index (κ1) is 8.61. The van der Waals surface area contributed by atoms with Crippen LogP contribution in [-0.4, -0.2) is 21.1 Å². The van der Waals surface area contributed by atoms with E-state index in [4.69, 9.17) is 0 Å². The topological polar surface area (TPSA) is 70.7 Å². The third-order valence-corrected chi connectivity index (χ3v) is 0.709. The Morgan fingerprint density at radius 1 is 1.80 bits per heavy atom. The summed E-state index contributed by atoms with van der Waals surface area (Å²) in [5.74, 6) is 0.217. The molecule has 1 heterocycles. The minimum Gasteiger partial charge on any atom is -0.295 e. The van der Waals surface area contributed by atoms with E-state index in [1.807, 2.05) is 0 Å². The third-order valence-electron chi connectivity index (χ3n) is 0.709. The fourth-order valence-electron chi connectivity index (χ4n) is 0.432. The number of amides is 1. The van der Waals surface area contributed by atoms with Crippen molar-refractivity contribution >= 4 is 11.9 Å². The number of carbonyl (C=O) groups excluding carboxylic acids is 1. The molecule has 0 saturated carbocycles. The molecule has 0 bridgehead atoms. The van der Waals surface area contributed by atoms with E-state index >= 15 is 0 Å². The monoisotopic (exact) mass is 142 g/mol. The lowest BCUT2D eigenvalue weighted by Gasteiger charge is -1.90. The van der Waals surface area contributed by atoms with Gasteiger partial charge < -0.3 is 0 Å². The van der Waals surface area contributed by atoms with Gasteiger partial charge >= 0.3 is 0 Å². The molecule has 0 aliphatic rings. The van der Waals surface area contributed by atoms with Gasteiger partial charge in [-0.1, -0.05) is 7.43 Å². The van der Waals surface area contributed by atoms with E-state index in [0.717, 1.165) is 0 Å². The summed E-state index contributed by atoms with van der Waals surface area (Å²) in [5.41, 5.74) is 0. The molecule has 2 N–H and O–H groups in total. The van der Waals surface area contributed by atoms with E-state index < -0.39 is 0 Å². The number of carbonyl (C=O) groups is 1. The Kier molecular flexibility index (Phi) is 3.10. The highest BCUT2D eigenvalue weighted by atomic mass is 16.1. The standard InChI is InChI=1S/C4H6N4O.CH4/c1-3(9)7-4-5-2-6-8-4;/h2H,1H3,(H2,5,6,7,8,9);1H4. The first-order valence-electron chi connectivity index (χ1n) is 2.42. The van der Waals surface area contributed by atoms with Crippen molar-refractivity contribution in [3.8, 4) is 0 Å². The van der Waals surface area contributed by atoms with Gasteiger partial charge in [0.05, 0.1) is 0 Å². The molecule has 0 fully saturated rings. The molecule has 0 radical (unpaired) electrons. The van der Waals surface area contributed by atoms with E-state index in [1.165, 1.54) is 13.3 Å². The summed E-state index contributed by atoms with van der Waals surface area (Å²) in [6.07, 6.45) is 1.32. The first-order chi connectivity index (χ1) is 4.29. The molecule has 0 unspecified atom stereocenters. The normalized spacial score (nSPS) is 8.10. The molecule has 1 amide bonds. The summed E-state index contributed by atoms with van der Waals surface area (Å²) in [7, 11) is 0. The van der Waals surface area contributed by atoms with Gasteiger partial charge in [0.15, 0.2) is 0 Å². The van der Waals surface area contributed by atoms with Gasteiger partial charge in [-0.25, -0.2) is 5.10 Å². The predicted octanol–water partition coefficient (Wildman–Crippen LogP) is 0.399. The highest BCUT2D eigenvalue weighted by molar-refractivity contribution is 5.86. The number of hydrogen-bond donors (Lipinski definition) is 2. The minimum absolute atomic E-state index is 0. The molecule has 1 aromatic rings. The zero-order valence-electron chi connectivity index (χ0n) is 4.88. The maximum atomic E-state index is 10.3. The van der Waals surface area contributed by atoms with Crippen molar-refractivity contribution in [1.29, 1.82) is 0 Å². The Morgan fingerprint density at radius 3 is 2.90 bits per heavy atom. The van der Waals surface area contributed by atoms with Crippen LogP contribution in [0.2, 0.25) is 0 Å². The number of nitrogens with one attached hydrogen (secondary N) is 2. The smallest absolute Gasteiger partial charge is 0.225 e. The lowest BCUT2D eigenvalue weighted by molar-refractivity contribution is -0.114. The average Bonchev–Trinajstić information content (AvgIpc) is 2.15. The van der Waals surface area contributed by atoms with Crippen LogP contribution in [0.4, 0.5) is 5.95 Å². The van der Waals surface area contributed by atoms with Crippen LogP contribution in [0, 0.1) is 0 Å². The summed E-state index contributed by atoms with van der Waals surface area (Å²) in [6, 6.07) is 0. The molecule has 1 aromatic heterocycles. The Hall–Kier alpha value is -1.39. The van der Waals surface area contributed by atoms with E-state index in [2.05, 4.69) is 20.5 Å². The second-order valence-corrected chi connectivity index (χ2v) is 1.52. The lowest BCUT2D eigenvalue weighted by Crippen LogP contribution is -2.06. The number of aromatic nitrogens is 3. The predicted molar refractivity (Wildman–Crippen MR) is 37.4 cm³/mol. The Bertz CT molecular complexity index is 193. The van der Waals surface area contributed by atoms with Gasteiger partial charge in [-0.3, -0.25) is 10.1 Å². The minimum atomic E-state index is -0.160. The highest BCUT2D eigenvalue weighted by Crippen LogP contribution is 1.89. The molecule has 0 saturated heterocycles. The van der Waals surface area contributed by atoms with Crippen LogP contribution in [0.15, 0.2) is 6.33 Å². The van der Waals surface area contributed by atoms with Crippen molar-refractivity contribution in [3.05, 3.63) is 6.33 Å². The fraction of sp³-hybridized carbons (Fsp3) is 0.400. The van der Waals surface area contributed by atoms with Crippen LogP contribution in [0.25, 0.3) is 0 Å². The fourth-order valence-corrected chi connectivity index (χ4v) is 0.432. The largest absolute Gasteiger partial charge is 0.295 e. The number of anilines is 1. The zero-order chi connectivity index (χ0) is 6.69. The van der Waals surface area contributed by atoms with Gasteiger partial charge in [-0.2, -0.15) is 10.1 Å². The summed E-state index contributed by atoms with van der Waals surface area (Å²) in [6.45, 7) is 1.41. The molecule has 5 nitrogen and oxygen atoms in total. The molecule has 0 aromatic carbocycles. The van der Waals surface area contributed by atoms with Gasteiger partial charge in [0, 0.05) is 6.92 Å². The van der Waals surface area contributed by atoms with Crippen molar-refractivity contribution in [2.45, 2.75) is 14.4 Å². The van der Waals surface area contributed by atoms with Crippen LogP contribution >= 0.6 is 0 Å². The number of nitrogens with zero attached hydrogens (tertiary/aromatic N) is 2. The van der Waals surface area contributed by atoms with Crippen molar-refractivity contribution in [2.24, 2.45) is 0 Å². The van der Waals surface area contributed by atoms with Crippen LogP contribution in [0.3, 0.4) is 0 Å². The van der Waals surface area contributed by atoms with E-state index in [-0.39, 0.29) is 13.3 Å². The van der Waals surface area contributed by atoms with Crippen LogP contribution in [0.5, 0.6) is 0 Å². The second-order valence-electron chi connectivity index (χ2n) is 1.52. The summed E-state index contributed by atoms with van der Waals surface area (Å²) in [5, 5.41) is 8.42. The number of aromatic amines is 1. The Morgan fingerprint density at radius 2 is 2.50 bits per heavy atom. The van der Waals surface area contributed by atoms with E-state index in [0.29, 0.717) is 5.95 Å². The van der Waals surface area contributed by atoms with Crippen molar-refractivity contribution in [3.63, 3.8) is 0 Å². The molecule has 5 heteroatoms. The van der Waals surface area contributed by atoms with Crippen LogP contribution < -0.4 is 5.32 Å². The van der Waals surface area contributed by atoms with Gasteiger partial charge in [0.2, 0.25) is 11.9 Å². The van der Waals surface area contributed by atoms with Crippen molar-refractivity contribution < 1.29 is 4.79 Å². The average molecular weight is 142 g/mol. The molecule has 0 spiro atoms. The first-order valence-corrected chi connectivity index (χ1v) is 2.42. The summed E-state index contributed by atoms with van der Waals surface area (Å²) >= 11 is 0. The van der Waals surface area contributed by atoms with Crippen LogP contribution in [-0.2, 0) is 4.79 Å². The number of hydrogen-bond acceptors (Lipinski definition) is 3. The maximum absolute atomic E-state index is 10.3. The number of rotatable bonds is 1. The van der Waals surface area contributed by atoms with Crippen molar-refractivity contribution in [1.82, 2.24) is 15.2 Å². The quantitative estimate of drug-likeness (QED) is 0.596. The van der Waals surface area contributed by atoms with Gasteiger partial charge in [-0.05, 0) is 0 Å². The molecule has 0 aliphatic carbocycles. The maximum Gasteiger partial charge on any atom is 0.225 e. The third kappa shape index (κ3) is 2.25. The van der Waals surface area contributed by atoms with Crippen LogP contribution in [0.1, 0.15) is 14.4 Å². The Labute approximate surface area is 58.9 Å².